The van der Waals surface area contributed by atoms with Gasteiger partial charge in [0.2, 0.25) is 5.82 Å². The molecule has 0 saturated heterocycles. The number of hydrogen-bond acceptors (Lipinski definition) is 5. The summed E-state index contributed by atoms with van der Waals surface area (Å²) in [5, 5.41) is 20.3. The highest BCUT2D eigenvalue weighted by molar-refractivity contribution is 5.66. The number of aliphatic hydroxyl groups excluding tert-OH is 1. The number of nitrogens with zero attached hydrogens (tertiary/aromatic N) is 2. The van der Waals surface area contributed by atoms with Gasteiger partial charge in [-0.15, -0.1) is 0 Å². The van der Waals surface area contributed by atoms with Crippen molar-refractivity contribution in [2.24, 2.45) is 5.92 Å². The lowest BCUT2D eigenvalue weighted by molar-refractivity contribution is -0.386. The van der Waals surface area contributed by atoms with Crippen LogP contribution in [-0.4, -0.2) is 36.8 Å². The maximum absolute atomic E-state index is 13.8. The number of nitro benzene ring substituents is 1. The fraction of sp³-hybridized carbons (Fsp3) is 0.538. The molecule has 1 saturated carbocycles. The van der Waals surface area contributed by atoms with Gasteiger partial charge in [0, 0.05) is 25.7 Å². The fourth-order valence-corrected chi connectivity index (χ4v) is 2.49. The Morgan fingerprint density at radius 3 is 2.70 bits per heavy atom. The Balaban J connectivity index is 2.27. The van der Waals surface area contributed by atoms with Crippen molar-refractivity contribution in [3.05, 3.63) is 28.1 Å². The first kappa shape index (κ1) is 14.5. The van der Waals surface area contributed by atoms with Crippen molar-refractivity contribution in [2.75, 3.05) is 25.6 Å². The van der Waals surface area contributed by atoms with Crippen molar-refractivity contribution in [1.82, 2.24) is 0 Å². The van der Waals surface area contributed by atoms with Crippen LogP contribution in [0.2, 0.25) is 0 Å². The zero-order valence-corrected chi connectivity index (χ0v) is 11.4. The van der Waals surface area contributed by atoms with Crippen LogP contribution in [0.15, 0.2) is 12.1 Å². The molecule has 7 heteroatoms. The molecule has 110 valence electrons. The number of nitro groups is 1. The van der Waals surface area contributed by atoms with Gasteiger partial charge < -0.3 is 14.7 Å². The minimum atomic E-state index is -0.912. The predicted octanol–water partition coefficient (Wildman–Crippen LogP) is 1.95. The van der Waals surface area contributed by atoms with E-state index in [1.807, 2.05) is 0 Å². The molecule has 2 rings (SSSR count). The highest BCUT2D eigenvalue weighted by Gasteiger charge is 2.31. The second-order valence-electron chi connectivity index (χ2n) is 5.11. The number of halogens is 1. The summed E-state index contributed by atoms with van der Waals surface area (Å²) < 4.78 is 18.8. The largest absolute Gasteiger partial charge is 0.497 e. The Morgan fingerprint density at radius 2 is 2.20 bits per heavy atom. The Labute approximate surface area is 115 Å². The van der Waals surface area contributed by atoms with Crippen molar-refractivity contribution < 1.29 is 19.2 Å². The maximum Gasteiger partial charge on any atom is 0.328 e. The molecule has 1 N–H and O–H groups in total. The number of anilines is 1. The van der Waals surface area contributed by atoms with Crippen LogP contribution in [0.4, 0.5) is 15.8 Å². The van der Waals surface area contributed by atoms with Crippen molar-refractivity contribution in [2.45, 2.75) is 18.9 Å². The van der Waals surface area contributed by atoms with Crippen LogP contribution in [0.5, 0.6) is 5.75 Å². The normalized spacial score (nSPS) is 21.2. The number of ether oxygens (including phenoxy) is 1. The first-order valence-corrected chi connectivity index (χ1v) is 6.33. The van der Waals surface area contributed by atoms with Gasteiger partial charge in [0.15, 0.2) is 0 Å². The molecule has 0 heterocycles. The van der Waals surface area contributed by atoms with Crippen molar-refractivity contribution >= 4 is 11.4 Å². The number of benzene rings is 1. The summed E-state index contributed by atoms with van der Waals surface area (Å²) in [6.07, 6.45) is 1.06. The van der Waals surface area contributed by atoms with Crippen LogP contribution < -0.4 is 9.64 Å². The van der Waals surface area contributed by atoms with Crippen LogP contribution in [0, 0.1) is 21.8 Å². The summed E-state index contributed by atoms with van der Waals surface area (Å²) in [5.41, 5.74) is -0.360. The molecule has 0 aromatic heterocycles. The SMILES string of the molecule is COc1cc(F)c([N+](=O)[O-])c(N(C)CC2CC(O)C2)c1. The van der Waals surface area contributed by atoms with E-state index in [1.54, 1.807) is 11.9 Å². The van der Waals surface area contributed by atoms with Gasteiger partial charge in [-0.2, -0.15) is 4.39 Å². The first-order chi connectivity index (χ1) is 9.42. The third kappa shape index (κ3) is 2.82. The Morgan fingerprint density at radius 1 is 1.55 bits per heavy atom. The van der Waals surface area contributed by atoms with Gasteiger partial charge in [0.1, 0.15) is 11.4 Å². The van der Waals surface area contributed by atoms with E-state index in [2.05, 4.69) is 0 Å². The third-order valence-corrected chi connectivity index (χ3v) is 3.59. The monoisotopic (exact) mass is 284 g/mol. The standard InChI is InChI=1S/C13H17FN2O4/c1-15(7-8-3-9(17)4-8)12-6-10(20-2)5-11(14)13(12)16(18)19/h5-6,8-9,17H,3-4,7H2,1-2H3. The minimum absolute atomic E-state index is 0.188. The third-order valence-electron chi connectivity index (χ3n) is 3.59. The number of hydrogen-bond donors (Lipinski definition) is 1. The van der Waals surface area contributed by atoms with Crippen LogP contribution in [0.3, 0.4) is 0 Å². The fourth-order valence-electron chi connectivity index (χ4n) is 2.49. The summed E-state index contributed by atoms with van der Waals surface area (Å²) in [4.78, 5) is 11.9. The highest BCUT2D eigenvalue weighted by Crippen LogP contribution is 2.36. The molecular weight excluding hydrogens is 267 g/mol. The second-order valence-corrected chi connectivity index (χ2v) is 5.11. The number of methoxy groups -OCH3 is 1. The summed E-state index contributed by atoms with van der Waals surface area (Å²) in [6, 6.07) is 2.46. The minimum Gasteiger partial charge on any atom is -0.497 e. The van der Waals surface area contributed by atoms with Crippen molar-refractivity contribution in [1.29, 1.82) is 0 Å². The molecule has 0 amide bonds. The van der Waals surface area contributed by atoms with Gasteiger partial charge >= 0.3 is 5.69 Å². The molecule has 0 atom stereocenters. The van der Waals surface area contributed by atoms with E-state index in [-0.39, 0.29) is 23.5 Å². The summed E-state index contributed by atoms with van der Waals surface area (Å²) in [6.45, 7) is 0.532. The Hall–Kier alpha value is -1.89. The molecule has 0 unspecified atom stereocenters. The lowest BCUT2D eigenvalue weighted by Crippen LogP contribution is -2.37. The predicted molar refractivity (Wildman–Crippen MR) is 71.6 cm³/mol. The molecule has 20 heavy (non-hydrogen) atoms. The second kappa shape index (κ2) is 5.62. The molecule has 0 bridgehead atoms. The number of aliphatic hydroxyl groups is 1. The molecular formula is C13H17FN2O4. The Bertz CT molecular complexity index is 517. The quantitative estimate of drug-likeness (QED) is 0.660. The van der Waals surface area contributed by atoms with Crippen LogP contribution in [0.25, 0.3) is 0 Å². The topological polar surface area (TPSA) is 75.8 Å². The van der Waals surface area contributed by atoms with Crippen LogP contribution in [-0.2, 0) is 0 Å². The van der Waals surface area contributed by atoms with Crippen LogP contribution in [0.1, 0.15) is 12.8 Å². The number of rotatable bonds is 5. The first-order valence-electron chi connectivity index (χ1n) is 6.33. The van der Waals surface area contributed by atoms with Gasteiger partial charge in [-0.3, -0.25) is 10.1 Å². The van der Waals surface area contributed by atoms with E-state index in [0.29, 0.717) is 19.4 Å². The molecule has 6 nitrogen and oxygen atoms in total. The zero-order chi connectivity index (χ0) is 14.9. The molecule has 1 aliphatic carbocycles. The van der Waals surface area contributed by atoms with Gasteiger partial charge in [-0.1, -0.05) is 0 Å². The Kier molecular flexibility index (Phi) is 4.08. The van der Waals surface area contributed by atoms with Gasteiger partial charge in [0.25, 0.3) is 0 Å². The van der Waals surface area contributed by atoms with E-state index in [0.717, 1.165) is 6.07 Å². The van der Waals surface area contributed by atoms with E-state index >= 15 is 0 Å². The molecule has 1 aliphatic rings. The molecule has 0 aliphatic heterocycles. The maximum atomic E-state index is 13.8. The summed E-state index contributed by atoms with van der Waals surface area (Å²) in [7, 11) is 3.05. The summed E-state index contributed by atoms with van der Waals surface area (Å²) >= 11 is 0. The molecule has 1 aromatic carbocycles. The van der Waals surface area contributed by atoms with E-state index in [4.69, 9.17) is 4.74 Å². The molecule has 0 radical (unpaired) electrons. The van der Waals surface area contributed by atoms with Gasteiger partial charge in [-0.05, 0) is 18.8 Å². The molecule has 0 spiro atoms. The van der Waals surface area contributed by atoms with Gasteiger partial charge in [-0.25, -0.2) is 0 Å². The van der Waals surface area contributed by atoms with Crippen LogP contribution >= 0.6 is 0 Å². The molecule has 1 aromatic rings. The average molecular weight is 284 g/mol. The van der Waals surface area contributed by atoms with E-state index < -0.39 is 16.4 Å². The summed E-state index contributed by atoms with van der Waals surface area (Å²) in [5.74, 6) is -0.405. The van der Waals surface area contributed by atoms with E-state index in [1.165, 1.54) is 13.2 Å². The lowest BCUT2D eigenvalue weighted by Gasteiger charge is -2.35. The smallest absolute Gasteiger partial charge is 0.328 e. The van der Waals surface area contributed by atoms with E-state index in [9.17, 15) is 19.6 Å². The molecule has 1 fully saturated rings. The zero-order valence-electron chi connectivity index (χ0n) is 11.4. The van der Waals surface area contributed by atoms with Gasteiger partial charge in [0.05, 0.1) is 18.1 Å². The average Bonchev–Trinajstić information content (AvgIpc) is 2.35. The highest BCUT2D eigenvalue weighted by atomic mass is 19.1. The van der Waals surface area contributed by atoms with Crippen molar-refractivity contribution in [3.8, 4) is 5.75 Å². The van der Waals surface area contributed by atoms with Crippen molar-refractivity contribution in [3.63, 3.8) is 0 Å². The lowest BCUT2D eigenvalue weighted by atomic mass is 9.82.